The van der Waals surface area contributed by atoms with E-state index >= 15 is 0 Å². The molecule has 0 saturated heterocycles. The van der Waals surface area contributed by atoms with E-state index in [1.54, 1.807) is 24.3 Å². The summed E-state index contributed by atoms with van der Waals surface area (Å²) in [5.41, 5.74) is 0.293. The van der Waals surface area contributed by atoms with Crippen LogP contribution in [0.15, 0.2) is 42.5 Å². The lowest BCUT2D eigenvalue weighted by Crippen LogP contribution is -1.90. The Morgan fingerprint density at radius 2 is 1.89 bits per heavy atom. The molecule has 0 aliphatic rings. The highest BCUT2D eigenvalue weighted by molar-refractivity contribution is 6.32. The highest BCUT2D eigenvalue weighted by Gasteiger charge is 2.12. The van der Waals surface area contributed by atoms with E-state index in [9.17, 15) is 14.9 Å². The molecule has 0 aromatic heterocycles. The Morgan fingerprint density at radius 1 is 1.16 bits per heavy atom. The minimum Gasteiger partial charge on any atom is -0.457 e. The quantitative estimate of drug-likeness (QED) is 0.483. The van der Waals surface area contributed by atoms with Crippen molar-refractivity contribution in [2.75, 3.05) is 0 Å². The van der Waals surface area contributed by atoms with E-state index in [2.05, 4.69) is 0 Å². The van der Waals surface area contributed by atoms with Crippen molar-refractivity contribution in [3.8, 4) is 11.5 Å². The van der Waals surface area contributed by atoms with Crippen molar-refractivity contribution in [3.63, 3.8) is 0 Å². The molecule has 2 rings (SSSR count). The zero-order valence-corrected chi connectivity index (χ0v) is 10.3. The first-order valence-electron chi connectivity index (χ1n) is 5.27. The van der Waals surface area contributed by atoms with Crippen LogP contribution in [0.5, 0.6) is 11.5 Å². The van der Waals surface area contributed by atoms with E-state index in [0.717, 1.165) is 0 Å². The fourth-order valence-electron chi connectivity index (χ4n) is 1.49. The number of ether oxygens (including phenoxy) is 1. The molecule has 0 N–H and O–H groups in total. The summed E-state index contributed by atoms with van der Waals surface area (Å²) in [5.74, 6) is 0.813. The molecule has 0 fully saturated rings. The molecule has 0 aliphatic carbocycles. The molecular weight excluding hydrogens is 270 g/mol. The smallest absolute Gasteiger partial charge is 0.288 e. The van der Waals surface area contributed by atoms with Gasteiger partial charge in [-0.25, -0.2) is 0 Å². The van der Waals surface area contributed by atoms with E-state index in [4.69, 9.17) is 16.3 Å². The van der Waals surface area contributed by atoms with Crippen LogP contribution >= 0.6 is 11.6 Å². The van der Waals surface area contributed by atoms with Crippen molar-refractivity contribution < 1.29 is 14.5 Å². The second-order valence-corrected chi connectivity index (χ2v) is 4.07. The third kappa shape index (κ3) is 3.08. The predicted molar refractivity (Wildman–Crippen MR) is 70.0 cm³/mol. The van der Waals surface area contributed by atoms with Gasteiger partial charge in [-0.2, -0.15) is 0 Å². The number of benzene rings is 2. The maximum Gasteiger partial charge on any atom is 0.288 e. The van der Waals surface area contributed by atoms with Crippen molar-refractivity contribution >= 4 is 23.6 Å². The summed E-state index contributed by atoms with van der Waals surface area (Å²) in [5, 5.41) is 10.6. The molecule has 0 radical (unpaired) electrons. The Labute approximate surface area is 113 Å². The Hall–Kier alpha value is -2.40. The van der Waals surface area contributed by atoms with Crippen LogP contribution in [0.1, 0.15) is 10.4 Å². The number of nitro benzene ring substituents is 1. The second-order valence-electron chi connectivity index (χ2n) is 3.66. The van der Waals surface area contributed by atoms with Crippen LogP contribution in [-0.4, -0.2) is 11.2 Å². The van der Waals surface area contributed by atoms with Gasteiger partial charge in [-0.3, -0.25) is 14.9 Å². The maximum atomic E-state index is 10.6. The highest BCUT2D eigenvalue weighted by atomic mass is 35.5. The summed E-state index contributed by atoms with van der Waals surface area (Å²) in [4.78, 5) is 20.7. The second kappa shape index (κ2) is 5.49. The van der Waals surface area contributed by atoms with Gasteiger partial charge in [0, 0.05) is 17.7 Å². The summed E-state index contributed by atoms with van der Waals surface area (Å²) >= 11 is 5.77. The summed E-state index contributed by atoms with van der Waals surface area (Å²) in [7, 11) is 0. The molecule has 0 unspecified atom stereocenters. The predicted octanol–water partition coefficient (Wildman–Crippen LogP) is 3.85. The van der Waals surface area contributed by atoms with Crippen LogP contribution in [0.2, 0.25) is 5.02 Å². The summed E-state index contributed by atoms with van der Waals surface area (Å²) in [6.07, 6.45) is 0.704. The first-order valence-corrected chi connectivity index (χ1v) is 5.65. The molecule has 0 bridgehead atoms. The number of halogens is 1. The fourth-order valence-corrected chi connectivity index (χ4v) is 1.73. The Kier molecular flexibility index (Phi) is 3.77. The van der Waals surface area contributed by atoms with Gasteiger partial charge in [0.05, 0.1) is 4.92 Å². The van der Waals surface area contributed by atoms with E-state index in [1.165, 1.54) is 18.2 Å². The third-order valence-electron chi connectivity index (χ3n) is 2.35. The number of nitrogens with zero attached hydrogens (tertiary/aromatic N) is 1. The van der Waals surface area contributed by atoms with E-state index < -0.39 is 4.92 Å². The molecule has 19 heavy (non-hydrogen) atoms. The number of rotatable bonds is 4. The first-order chi connectivity index (χ1) is 9.10. The topological polar surface area (TPSA) is 69.4 Å². The van der Waals surface area contributed by atoms with Gasteiger partial charge >= 0.3 is 0 Å². The number of carbonyl (C=O) groups is 1. The molecule has 0 amide bonds. The molecule has 2 aromatic rings. The molecule has 0 heterocycles. The number of nitro groups is 1. The van der Waals surface area contributed by atoms with Gasteiger partial charge in [0.2, 0.25) is 0 Å². The number of hydrogen-bond acceptors (Lipinski definition) is 4. The minimum atomic E-state index is -0.570. The molecule has 0 spiro atoms. The lowest BCUT2D eigenvalue weighted by Gasteiger charge is -2.06. The van der Waals surface area contributed by atoms with Crippen LogP contribution in [0, 0.1) is 10.1 Å². The zero-order valence-electron chi connectivity index (χ0n) is 9.58. The lowest BCUT2D eigenvalue weighted by atomic mass is 10.2. The zero-order chi connectivity index (χ0) is 13.8. The fraction of sp³-hybridized carbons (Fsp3) is 0. The molecule has 0 aliphatic heterocycles. The third-order valence-corrected chi connectivity index (χ3v) is 2.65. The highest BCUT2D eigenvalue weighted by Crippen LogP contribution is 2.30. The molecule has 0 saturated carbocycles. The summed E-state index contributed by atoms with van der Waals surface area (Å²) in [6.45, 7) is 0. The number of carbonyl (C=O) groups excluding carboxylic acids is 1. The summed E-state index contributed by atoms with van der Waals surface area (Å²) < 4.78 is 5.47. The van der Waals surface area contributed by atoms with Gasteiger partial charge in [-0.15, -0.1) is 0 Å². The monoisotopic (exact) mass is 277 g/mol. The van der Waals surface area contributed by atoms with Crippen molar-refractivity contribution in [2.24, 2.45) is 0 Å². The molecule has 2 aromatic carbocycles. The van der Waals surface area contributed by atoms with Crippen LogP contribution in [0.25, 0.3) is 0 Å². The van der Waals surface area contributed by atoms with E-state index in [-0.39, 0.29) is 10.7 Å². The summed E-state index contributed by atoms with van der Waals surface area (Å²) in [6, 6.07) is 10.6. The normalized spacial score (nSPS) is 9.95. The van der Waals surface area contributed by atoms with Crippen molar-refractivity contribution in [2.45, 2.75) is 0 Å². The van der Waals surface area contributed by atoms with E-state index in [0.29, 0.717) is 23.3 Å². The van der Waals surface area contributed by atoms with Gasteiger partial charge in [0.25, 0.3) is 5.69 Å². The lowest BCUT2D eigenvalue weighted by molar-refractivity contribution is -0.384. The van der Waals surface area contributed by atoms with Gasteiger partial charge in [0.1, 0.15) is 22.8 Å². The number of aldehydes is 1. The molecular formula is C13H8ClNO4. The van der Waals surface area contributed by atoms with E-state index in [1.807, 2.05) is 0 Å². The largest absolute Gasteiger partial charge is 0.457 e. The average molecular weight is 278 g/mol. The van der Waals surface area contributed by atoms with Crippen LogP contribution in [0.3, 0.4) is 0 Å². The Morgan fingerprint density at radius 3 is 2.53 bits per heavy atom. The maximum absolute atomic E-state index is 10.6. The molecule has 0 atom stereocenters. The standard InChI is InChI=1S/C13H8ClNO4/c14-12-7-11(4-5-13(12)15(17)18)19-10-3-1-2-9(6-10)8-16/h1-8H. The first kappa shape index (κ1) is 13.0. The van der Waals surface area contributed by atoms with Gasteiger partial charge in [0.15, 0.2) is 0 Å². The van der Waals surface area contributed by atoms with Crippen molar-refractivity contribution in [1.82, 2.24) is 0 Å². The molecule has 5 nitrogen and oxygen atoms in total. The molecule has 6 heteroatoms. The van der Waals surface area contributed by atoms with Crippen LogP contribution < -0.4 is 4.74 Å². The minimum absolute atomic E-state index is 0.00552. The van der Waals surface area contributed by atoms with Crippen molar-refractivity contribution in [3.05, 3.63) is 63.2 Å². The number of hydrogen-bond donors (Lipinski definition) is 0. The molecule has 96 valence electrons. The van der Waals surface area contributed by atoms with Crippen LogP contribution in [0.4, 0.5) is 5.69 Å². The van der Waals surface area contributed by atoms with Crippen molar-refractivity contribution in [1.29, 1.82) is 0 Å². The average Bonchev–Trinajstić information content (AvgIpc) is 2.38. The van der Waals surface area contributed by atoms with Gasteiger partial charge in [-0.1, -0.05) is 23.7 Å². The van der Waals surface area contributed by atoms with Gasteiger partial charge in [-0.05, 0) is 18.2 Å². The Bertz CT molecular complexity index is 642. The van der Waals surface area contributed by atoms with Gasteiger partial charge < -0.3 is 4.74 Å². The van der Waals surface area contributed by atoms with Crippen LogP contribution in [-0.2, 0) is 0 Å². The SMILES string of the molecule is O=Cc1cccc(Oc2ccc([N+](=O)[O-])c(Cl)c2)c1. The Balaban J connectivity index is 2.26.